The molecule has 27 heavy (non-hydrogen) atoms. The second kappa shape index (κ2) is 9.05. The van der Waals surface area contributed by atoms with E-state index in [1.54, 1.807) is 0 Å². The van der Waals surface area contributed by atoms with Gasteiger partial charge in [-0.3, -0.25) is 14.5 Å². The lowest BCUT2D eigenvalue weighted by atomic mass is 9.80. The van der Waals surface area contributed by atoms with Crippen LogP contribution in [0.5, 0.6) is 0 Å². The average molecular weight is 376 g/mol. The lowest BCUT2D eigenvalue weighted by Crippen LogP contribution is -2.60. The van der Waals surface area contributed by atoms with Gasteiger partial charge >= 0.3 is 0 Å². The second-order valence-corrected chi connectivity index (χ2v) is 9.25. The maximum atomic E-state index is 13.3. The number of piperazine rings is 1. The average Bonchev–Trinajstić information content (AvgIpc) is 2.57. The van der Waals surface area contributed by atoms with Gasteiger partial charge in [0.2, 0.25) is 11.8 Å². The summed E-state index contributed by atoms with van der Waals surface area (Å²) in [6.45, 7) is 17.3. The van der Waals surface area contributed by atoms with Crippen molar-refractivity contribution >= 4 is 11.8 Å². The van der Waals surface area contributed by atoms with Crippen molar-refractivity contribution in [3.63, 3.8) is 0 Å². The molecular formula is C22H37N3O2. The maximum Gasteiger partial charge on any atom is 0.237 e. The zero-order valence-electron chi connectivity index (χ0n) is 17.4. The third-order valence-corrected chi connectivity index (χ3v) is 5.68. The summed E-state index contributed by atoms with van der Waals surface area (Å²) in [5.41, 5.74) is -0.141. The number of nitrogens with zero attached hydrogens (tertiary/aromatic N) is 2. The number of piperidine rings is 1. The third-order valence-electron chi connectivity index (χ3n) is 5.68. The van der Waals surface area contributed by atoms with Crippen LogP contribution >= 0.6 is 0 Å². The molecule has 0 radical (unpaired) electrons. The molecule has 1 unspecified atom stereocenters. The van der Waals surface area contributed by atoms with Gasteiger partial charge in [-0.25, -0.2) is 0 Å². The number of rotatable bonds is 7. The molecule has 2 saturated heterocycles. The summed E-state index contributed by atoms with van der Waals surface area (Å²) in [7, 11) is 0. The molecule has 0 aromatic carbocycles. The lowest BCUT2D eigenvalue weighted by molar-refractivity contribution is -0.145. The monoisotopic (exact) mass is 375 g/mol. The number of nitrogens with one attached hydrogen (secondary N) is 1. The molecule has 0 spiro atoms. The summed E-state index contributed by atoms with van der Waals surface area (Å²) in [4.78, 5) is 30.1. The zero-order valence-corrected chi connectivity index (χ0v) is 17.4. The van der Waals surface area contributed by atoms with Gasteiger partial charge in [-0.15, -0.1) is 13.2 Å². The van der Waals surface area contributed by atoms with Crippen molar-refractivity contribution in [2.45, 2.75) is 70.9 Å². The highest BCUT2D eigenvalue weighted by Gasteiger charge is 2.42. The van der Waals surface area contributed by atoms with Crippen LogP contribution in [-0.2, 0) is 9.59 Å². The maximum absolute atomic E-state index is 13.3. The number of hydrogen-bond donors (Lipinski definition) is 1. The highest BCUT2D eigenvalue weighted by Crippen LogP contribution is 2.36. The van der Waals surface area contributed by atoms with Crippen LogP contribution < -0.4 is 5.32 Å². The van der Waals surface area contributed by atoms with Crippen LogP contribution in [0.1, 0.15) is 59.3 Å². The quantitative estimate of drug-likeness (QED) is 0.696. The Balaban J connectivity index is 2.19. The first kappa shape index (κ1) is 21.7. The van der Waals surface area contributed by atoms with E-state index in [1.165, 1.54) is 0 Å². The topological polar surface area (TPSA) is 52.7 Å². The summed E-state index contributed by atoms with van der Waals surface area (Å²) < 4.78 is 0. The minimum Gasteiger partial charge on any atom is -0.353 e. The molecule has 0 bridgehead atoms. The van der Waals surface area contributed by atoms with Gasteiger partial charge in [0.15, 0.2) is 0 Å². The zero-order chi connectivity index (χ0) is 20.1. The molecule has 2 aliphatic heterocycles. The predicted molar refractivity (Wildman–Crippen MR) is 110 cm³/mol. The van der Waals surface area contributed by atoms with Gasteiger partial charge in [0.05, 0.1) is 12.5 Å². The Morgan fingerprint density at radius 1 is 1.22 bits per heavy atom. The first-order chi connectivity index (χ1) is 12.7. The number of carbonyl (C=O) groups is 2. The fourth-order valence-corrected chi connectivity index (χ4v) is 4.59. The van der Waals surface area contributed by atoms with Gasteiger partial charge in [-0.1, -0.05) is 32.9 Å². The Hall–Kier alpha value is -1.62. The number of carbonyl (C=O) groups excluding carboxylic acids is 2. The molecule has 5 heteroatoms. The molecule has 0 aromatic heterocycles. The smallest absolute Gasteiger partial charge is 0.237 e. The van der Waals surface area contributed by atoms with E-state index in [2.05, 4.69) is 44.1 Å². The molecule has 1 atom stereocenters. The van der Waals surface area contributed by atoms with E-state index in [0.717, 1.165) is 51.7 Å². The fraction of sp³-hybridized carbons (Fsp3) is 0.727. The molecule has 5 nitrogen and oxygen atoms in total. The standard InChI is InChI=1S/C22H37N3O2/c1-6-10-22(11-7-2)12-8-9-14-25(22)19(26)16-18-20(27)23-13-15-24(18)17-21(3,4)5/h6-7,18H,1-2,8-17H2,3-5H3,(H,23,27). The van der Waals surface area contributed by atoms with Crippen molar-refractivity contribution in [3.8, 4) is 0 Å². The van der Waals surface area contributed by atoms with Gasteiger partial charge in [-0.2, -0.15) is 0 Å². The summed E-state index contributed by atoms with van der Waals surface area (Å²) in [6.07, 6.45) is 8.72. The Morgan fingerprint density at radius 2 is 1.89 bits per heavy atom. The molecule has 0 saturated carbocycles. The Morgan fingerprint density at radius 3 is 2.48 bits per heavy atom. The molecular weight excluding hydrogens is 338 g/mol. The predicted octanol–water partition coefficient (Wildman–Crippen LogP) is 3.13. The van der Waals surface area contributed by atoms with Crippen molar-refractivity contribution < 1.29 is 9.59 Å². The summed E-state index contributed by atoms with van der Waals surface area (Å²) in [5, 5.41) is 2.94. The summed E-state index contributed by atoms with van der Waals surface area (Å²) in [5.74, 6) is 0.0632. The van der Waals surface area contributed by atoms with Crippen LogP contribution in [0, 0.1) is 5.41 Å². The largest absolute Gasteiger partial charge is 0.353 e. The SMILES string of the molecule is C=CCC1(CC=C)CCCCN1C(=O)CC1C(=O)NCCN1CC(C)(C)C. The molecule has 152 valence electrons. The van der Waals surface area contributed by atoms with Crippen LogP contribution in [0.4, 0.5) is 0 Å². The normalized spacial score (nSPS) is 23.6. The van der Waals surface area contributed by atoms with Crippen molar-refractivity contribution in [2.75, 3.05) is 26.2 Å². The van der Waals surface area contributed by atoms with E-state index in [0.29, 0.717) is 6.54 Å². The van der Waals surface area contributed by atoms with Gasteiger partial charge in [0.1, 0.15) is 0 Å². The highest BCUT2D eigenvalue weighted by atomic mass is 16.2. The molecule has 1 N–H and O–H groups in total. The first-order valence-electron chi connectivity index (χ1n) is 10.3. The summed E-state index contributed by atoms with van der Waals surface area (Å²) in [6, 6.07) is -0.377. The van der Waals surface area contributed by atoms with Crippen molar-refractivity contribution in [2.24, 2.45) is 5.41 Å². The van der Waals surface area contributed by atoms with Crippen molar-refractivity contribution in [3.05, 3.63) is 25.3 Å². The molecule has 2 rings (SSSR count). The van der Waals surface area contributed by atoms with E-state index < -0.39 is 0 Å². The van der Waals surface area contributed by atoms with E-state index in [4.69, 9.17) is 0 Å². The molecule has 0 aliphatic carbocycles. The van der Waals surface area contributed by atoms with Gasteiger partial charge in [-0.05, 0) is 37.5 Å². The Kier molecular flexibility index (Phi) is 7.26. The van der Waals surface area contributed by atoms with Crippen LogP contribution in [0.3, 0.4) is 0 Å². The molecule has 2 amide bonds. The van der Waals surface area contributed by atoms with Crippen LogP contribution in [-0.4, -0.2) is 59.4 Å². The lowest BCUT2D eigenvalue weighted by Gasteiger charge is -2.48. The minimum absolute atomic E-state index is 0.0195. The Bertz CT molecular complexity index is 554. The molecule has 2 fully saturated rings. The fourth-order valence-electron chi connectivity index (χ4n) is 4.59. The van der Waals surface area contributed by atoms with Crippen molar-refractivity contribution in [1.82, 2.24) is 15.1 Å². The third kappa shape index (κ3) is 5.44. The summed E-state index contributed by atoms with van der Waals surface area (Å²) >= 11 is 0. The Labute approximate surface area is 164 Å². The number of amides is 2. The van der Waals surface area contributed by atoms with E-state index >= 15 is 0 Å². The number of hydrogen-bond acceptors (Lipinski definition) is 3. The van der Waals surface area contributed by atoms with E-state index in [1.807, 2.05) is 17.1 Å². The van der Waals surface area contributed by atoms with Gasteiger partial charge < -0.3 is 10.2 Å². The van der Waals surface area contributed by atoms with Crippen LogP contribution in [0.25, 0.3) is 0 Å². The second-order valence-electron chi connectivity index (χ2n) is 9.25. The van der Waals surface area contributed by atoms with Gasteiger partial charge in [0.25, 0.3) is 0 Å². The van der Waals surface area contributed by atoms with Gasteiger partial charge in [0, 0.05) is 31.7 Å². The molecule has 2 aliphatic rings. The molecule has 0 aromatic rings. The number of likely N-dealkylation sites (tertiary alicyclic amines) is 1. The van der Waals surface area contributed by atoms with E-state index in [9.17, 15) is 9.59 Å². The van der Waals surface area contributed by atoms with E-state index in [-0.39, 0.29) is 35.2 Å². The van der Waals surface area contributed by atoms with Crippen LogP contribution in [0.2, 0.25) is 0 Å². The minimum atomic E-state index is -0.377. The highest BCUT2D eigenvalue weighted by molar-refractivity contribution is 5.89. The van der Waals surface area contributed by atoms with Crippen LogP contribution in [0.15, 0.2) is 25.3 Å². The first-order valence-corrected chi connectivity index (χ1v) is 10.3. The molecule has 2 heterocycles. The van der Waals surface area contributed by atoms with Crippen molar-refractivity contribution in [1.29, 1.82) is 0 Å².